The zero-order valence-electron chi connectivity index (χ0n) is 15.0. The number of amides is 1. The van der Waals surface area contributed by atoms with E-state index in [-0.39, 0.29) is 17.5 Å². The van der Waals surface area contributed by atoms with Gasteiger partial charge in [-0.05, 0) is 38.0 Å². The summed E-state index contributed by atoms with van der Waals surface area (Å²) < 4.78 is 29.5. The van der Waals surface area contributed by atoms with Crippen LogP contribution in [0.1, 0.15) is 55.7 Å². The number of carbonyl (C=O) groups is 1. The van der Waals surface area contributed by atoms with Crippen LogP contribution in [-0.2, 0) is 0 Å². The third-order valence-corrected chi connectivity index (χ3v) is 4.11. The summed E-state index contributed by atoms with van der Waals surface area (Å²) in [5.74, 6) is -2.19. The summed E-state index contributed by atoms with van der Waals surface area (Å²) in [6.45, 7) is 7.85. The van der Waals surface area contributed by atoms with Crippen LogP contribution in [0.2, 0.25) is 0 Å². The van der Waals surface area contributed by atoms with Crippen LogP contribution in [0.4, 0.5) is 14.5 Å². The maximum absolute atomic E-state index is 13.9. The Morgan fingerprint density at radius 3 is 2.38 bits per heavy atom. The van der Waals surface area contributed by atoms with Gasteiger partial charge in [-0.3, -0.25) is 4.79 Å². The number of hydrogen-bond donors (Lipinski definition) is 1. The number of nitrogens with one attached hydrogen (secondary N) is 1. The molecule has 136 valence electrons. The van der Waals surface area contributed by atoms with Crippen LogP contribution in [0.25, 0.3) is 11.0 Å². The van der Waals surface area contributed by atoms with Crippen LogP contribution in [-0.4, -0.2) is 20.7 Å². The van der Waals surface area contributed by atoms with Gasteiger partial charge in [-0.25, -0.2) is 18.4 Å². The molecule has 3 aromatic rings. The lowest BCUT2D eigenvalue weighted by Gasteiger charge is -2.13. The Bertz CT molecular complexity index is 959. The molecular weight excluding hydrogens is 338 g/mol. The maximum Gasteiger partial charge on any atom is 0.256 e. The Balaban J connectivity index is 2.12. The van der Waals surface area contributed by atoms with Crippen molar-refractivity contribution >= 4 is 22.6 Å². The SMILES string of the molecule is CC(C)c1cc(C(=O)Nc2c(F)cccc2F)c2cnn(C(C)C)c2n1. The predicted octanol–water partition coefficient (Wildman–Crippen LogP) is 4.67. The minimum Gasteiger partial charge on any atom is -0.317 e. The molecule has 0 saturated heterocycles. The van der Waals surface area contributed by atoms with Crippen molar-refractivity contribution in [1.29, 1.82) is 0 Å². The topological polar surface area (TPSA) is 59.8 Å². The molecular formula is C19H20F2N4O. The fourth-order valence-corrected chi connectivity index (χ4v) is 2.70. The smallest absolute Gasteiger partial charge is 0.256 e. The summed E-state index contributed by atoms with van der Waals surface area (Å²) in [5, 5.41) is 7.18. The normalized spacial score (nSPS) is 11.5. The molecule has 0 aliphatic carbocycles. The van der Waals surface area contributed by atoms with Crippen LogP contribution < -0.4 is 5.32 Å². The number of hydrogen-bond acceptors (Lipinski definition) is 3. The molecule has 7 heteroatoms. The van der Waals surface area contributed by atoms with Crippen LogP contribution in [0.5, 0.6) is 0 Å². The number of rotatable bonds is 4. The molecule has 2 aromatic heterocycles. The first-order valence-electron chi connectivity index (χ1n) is 8.43. The van der Waals surface area contributed by atoms with Gasteiger partial charge in [-0.2, -0.15) is 5.10 Å². The largest absolute Gasteiger partial charge is 0.317 e. The molecule has 0 bridgehead atoms. The monoisotopic (exact) mass is 358 g/mol. The number of para-hydroxylation sites is 1. The van der Waals surface area contributed by atoms with E-state index in [1.165, 1.54) is 6.07 Å². The molecule has 2 heterocycles. The first-order chi connectivity index (χ1) is 12.3. The minimum atomic E-state index is -0.828. The number of pyridine rings is 1. The Labute approximate surface area is 150 Å². The number of halogens is 2. The van der Waals surface area contributed by atoms with Gasteiger partial charge in [0.05, 0.1) is 17.1 Å². The average molecular weight is 358 g/mol. The molecule has 5 nitrogen and oxygen atoms in total. The van der Waals surface area contributed by atoms with E-state index in [0.717, 1.165) is 12.1 Å². The van der Waals surface area contributed by atoms with Gasteiger partial charge in [0.15, 0.2) is 5.65 Å². The van der Waals surface area contributed by atoms with Crippen molar-refractivity contribution in [2.75, 3.05) is 5.32 Å². The molecule has 1 aromatic carbocycles. The first kappa shape index (κ1) is 18.0. The van der Waals surface area contributed by atoms with Crippen molar-refractivity contribution in [2.24, 2.45) is 0 Å². The first-order valence-corrected chi connectivity index (χ1v) is 8.43. The molecule has 0 radical (unpaired) electrons. The molecule has 0 unspecified atom stereocenters. The van der Waals surface area contributed by atoms with Crippen molar-refractivity contribution in [1.82, 2.24) is 14.8 Å². The Morgan fingerprint density at radius 2 is 1.81 bits per heavy atom. The second-order valence-corrected chi connectivity index (χ2v) is 6.72. The van der Waals surface area contributed by atoms with Crippen molar-refractivity contribution < 1.29 is 13.6 Å². The highest BCUT2D eigenvalue weighted by Gasteiger charge is 2.20. The Hall–Kier alpha value is -2.83. The van der Waals surface area contributed by atoms with Gasteiger partial charge in [0.2, 0.25) is 0 Å². The van der Waals surface area contributed by atoms with Gasteiger partial charge in [0, 0.05) is 11.7 Å². The van der Waals surface area contributed by atoms with E-state index in [1.54, 1.807) is 16.9 Å². The summed E-state index contributed by atoms with van der Waals surface area (Å²) in [7, 11) is 0. The molecule has 1 N–H and O–H groups in total. The van der Waals surface area contributed by atoms with Crippen molar-refractivity contribution in [3.05, 3.63) is 53.4 Å². The maximum atomic E-state index is 13.9. The zero-order valence-corrected chi connectivity index (χ0v) is 15.0. The molecule has 0 saturated carbocycles. The van der Waals surface area contributed by atoms with Gasteiger partial charge in [-0.1, -0.05) is 19.9 Å². The summed E-state index contributed by atoms with van der Waals surface area (Å²) in [6.07, 6.45) is 1.55. The lowest BCUT2D eigenvalue weighted by molar-refractivity contribution is 0.102. The van der Waals surface area contributed by atoms with Crippen LogP contribution in [0.15, 0.2) is 30.5 Å². The number of anilines is 1. The second kappa shape index (κ2) is 6.82. The molecule has 0 aliphatic heterocycles. The Kier molecular flexibility index (Phi) is 4.71. The Morgan fingerprint density at radius 1 is 1.15 bits per heavy atom. The highest BCUT2D eigenvalue weighted by atomic mass is 19.1. The molecule has 26 heavy (non-hydrogen) atoms. The van der Waals surface area contributed by atoms with E-state index in [4.69, 9.17) is 0 Å². The number of aromatic nitrogens is 3. The summed E-state index contributed by atoms with van der Waals surface area (Å²) in [4.78, 5) is 17.4. The number of nitrogens with zero attached hydrogens (tertiary/aromatic N) is 3. The highest BCUT2D eigenvalue weighted by Crippen LogP contribution is 2.26. The van der Waals surface area contributed by atoms with Gasteiger partial charge in [0.1, 0.15) is 17.3 Å². The van der Waals surface area contributed by atoms with Gasteiger partial charge in [0.25, 0.3) is 5.91 Å². The fraction of sp³-hybridized carbons (Fsp3) is 0.316. The van der Waals surface area contributed by atoms with Gasteiger partial charge >= 0.3 is 0 Å². The summed E-state index contributed by atoms with van der Waals surface area (Å²) in [5.41, 5.74) is 1.10. The third kappa shape index (κ3) is 3.16. The van der Waals surface area contributed by atoms with E-state index < -0.39 is 23.2 Å². The average Bonchev–Trinajstić information content (AvgIpc) is 3.01. The van der Waals surface area contributed by atoms with E-state index in [2.05, 4.69) is 15.4 Å². The standard InChI is InChI=1S/C19H20F2N4O/c1-10(2)16-8-12(13-9-22-25(11(3)4)18(13)23-16)19(26)24-17-14(20)6-5-7-15(17)21/h5-11H,1-4H3,(H,24,26). The summed E-state index contributed by atoms with van der Waals surface area (Å²) in [6, 6.07) is 5.14. The summed E-state index contributed by atoms with van der Waals surface area (Å²) >= 11 is 0. The highest BCUT2D eigenvalue weighted by molar-refractivity contribution is 6.12. The van der Waals surface area contributed by atoms with Gasteiger partial charge < -0.3 is 5.32 Å². The molecule has 3 rings (SSSR count). The predicted molar refractivity (Wildman–Crippen MR) is 96.3 cm³/mol. The fourth-order valence-electron chi connectivity index (χ4n) is 2.70. The van der Waals surface area contributed by atoms with E-state index in [0.29, 0.717) is 16.7 Å². The van der Waals surface area contributed by atoms with Crippen molar-refractivity contribution in [2.45, 2.75) is 39.7 Å². The molecule has 0 spiro atoms. The van der Waals surface area contributed by atoms with Crippen LogP contribution in [0.3, 0.4) is 0 Å². The van der Waals surface area contributed by atoms with Crippen molar-refractivity contribution in [3.63, 3.8) is 0 Å². The van der Waals surface area contributed by atoms with E-state index in [1.807, 2.05) is 27.7 Å². The number of fused-ring (bicyclic) bond motifs is 1. The van der Waals surface area contributed by atoms with Crippen molar-refractivity contribution in [3.8, 4) is 0 Å². The van der Waals surface area contributed by atoms with E-state index >= 15 is 0 Å². The van der Waals surface area contributed by atoms with Crippen LogP contribution >= 0.6 is 0 Å². The molecule has 0 aliphatic rings. The lowest BCUT2D eigenvalue weighted by atomic mass is 10.0. The minimum absolute atomic E-state index is 0.0577. The third-order valence-electron chi connectivity index (χ3n) is 4.11. The molecule has 1 amide bonds. The zero-order chi connectivity index (χ0) is 19.0. The number of carbonyl (C=O) groups excluding carboxylic acids is 1. The van der Waals surface area contributed by atoms with E-state index in [9.17, 15) is 13.6 Å². The molecule has 0 fully saturated rings. The van der Waals surface area contributed by atoms with Gasteiger partial charge in [-0.15, -0.1) is 0 Å². The lowest BCUT2D eigenvalue weighted by Crippen LogP contribution is -2.16. The quantitative estimate of drug-likeness (QED) is 0.737. The second-order valence-electron chi connectivity index (χ2n) is 6.72. The number of benzene rings is 1. The van der Waals surface area contributed by atoms with Crippen LogP contribution in [0, 0.1) is 11.6 Å². The molecule has 0 atom stereocenters.